The first-order chi connectivity index (χ1) is 11.9. The van der Waals surface area contributed by atoms with Crippen LogP contribution in [0.4, 0.5) is 0 Å². The first kappa shape index (κ1) is 19.1. The van der Waals surface area contributed by atoms with E-state index in [9.17, 15) is 18.0 Å². The third kappa shape index (κ3) is 6.32. The van der Waals surface area contributed by atoms with Gasteiger partial charge in [0.05, 0.1) is 0 Å². The highest BCUT2D eigenvalue weighted by Gasteiger charge is 2.26. The Kier molecular flexibility index (Phi) is 6.72. The molecule has 1 aliphatic heterocycles. The summed E-state index contributed by atoms with van der Waals surface area (Å²) in [5.74, 6) is -1.05. The average molecular weight is 366 g/mol. The Balaban J connectivity index is 1.80. The van der Waals surface area contributed by atoms with Gasteiger partial charge in [0.15, 0.2) is 6.10 Å². The topological polar surface area (TPSA) is 92.8 Å². The van der Waals surface area contributed by atoms with Crippen molar-refractivity contribution in [3.8, 4) is 0 Å². The van der Waals surface area contributed by atoms with Gasteiger partial charge in [-0.2, -0.15) is 0 Å². The van der Waals surface area contributed by atoms with Crippen LogP contribution in [0.5, 0.6) is 0 Å². The summed E-state index contributed by atoms with van der Waals surface area (Å²) < 4.78 is 30.8. The second-order valence-electron chi connectivity index (χ2n) is 5.74. The molecule has 1 heterocycles. The van der Waals surface area contributed by atoms with Crippen LogP contribution >= 0.6 is 0 Å². The molecule has 7 nitrogen and oxygen atoms in total. The second-order valence-corrected chi connectivity index (χ2v) is 7.39. The Bertz CT molecular complexity index is 725. The summed E-state index contributed by atoms with van der Waals surface area (Å²) >= 11 is 0. The van der Waals surface area contributed by atoms with E-state index >= 15 is 0 Å². The highest BCUT2D eigenvalue weighted by Crippen LogP contribution is 2.10. The van der Waals surface area contributed by atoms with Gasteiger partial charge in [0.2, 0.25) is 10.0 Å². The molecule has 1 amide bonds. The fourth-order valence-electron chi connectivity index (χ4n) is 2.42. The molecule has 1 aliphatic rings. The number of carbonyl (C=O) groups excluding carboxylic acids is 2. The number of ether oxygens (including phenoxy) is 1. The smallest absolute Gasteiger partial charge is 0.321 e. The van der Waals surface area contributed by atoms with E-state index < -0.39 is 28.6 Å². The summed E-state index contributed by atoms with van der Waals surface area (Å²) in [6.07, 6.45) is 2.39. The minimum atomic E-state index is -3.77. The fourth-order valence-corrected chi connectivity index (χ4v) is 3.18. The lowest BCUT2D eigenvalue weighted by Crippen LogP contribution is -2.40. The quantitative estimate of drug-likeness (QED) is 0.730. The maximum Gasteiger partial charge on any atom is 0.321 e. The van der Waals surface area contributed by atoms with Crippen LogP contribution in [0.2, 0.25) is 0 Å². The van der Waals surface area contributed by atoms with Gasteiger partial charge in [-0.05, 0) is 31.4 Å². The highest BCUT2D eigenvalue weighted by molar-refractivity contribution is 7.92. The molecule has 0 aliphatic carbocycles. The van der Waals surface area contributed by atoms with Crippen LogP contribution in [0, 0.1) is 0 Å². The molecule has 8 heteroatoms. The lowest BCUT2D eigenvalue weighted by atomic mass is 10.2. The van der Waals surface area contributed by atoms with Crippen molar-refractivity contribution in [1.29, 1.82) is 0 Å². The average Bonchev–Trinajstić information content (AvgIpc) is 3.13. The van der Waals surface area contributed by atoms with Crippen molar-refractivity contribution in [2.24, 2.45) is 0 Å². The monoisotopic (exact) mass is 366 g/mol. The summed E-state index contributed by atoms with van der Waals surface area (Å²) in [7, 11) is -3.77. The van der Waals surface area contributed by atoms with Crippen molar-refractivity contribution in [3.05, 3.63) is 41.3 Å². The second kappa shape index (κ2) is 8.77. The summed E-state index contributed by atoms with van der Waals surface area (Å²) in [6, 6.07) is 8.91. The number of nitrogens with one attached hydrogen (secondary N) is 1. The van der Waals surface area contributed by atoms with E-state index in [1.807, 2.05) is 6.07 Å². The van der Waals surface area contributed by atoms with Crippen molar-refractivity contribution < 1.29 is 22.7 Å². The Morgan fingerprint density at radius 1 is 1.24 bits per heavy atom. The van der Waals surface area contributed by atoms with Crippen molar-refractivity contribution in [2.75, 3.05) is 19.6 Å². The lowest BCUT2D eigenvalue weighted by Gasteiger charge is -2.20. The van der Waals surface area contributed by atoms with E-state index in [2.05, 4.69) is 4.72 Å². The van der Waals surface area contributed by atoms with Gasteiger partial charge in [-0.1, -0.05) is 30.3 Å². The zero-order valence-electron chi connectivity index (χ0n) is 14.1. The number of esters is 1. The van der Waals surface area contributed by atoms with Crippen LogP contribution in [0.1, 0.15) is 25.3 Å². The molecule has 0 spiro atoms. The third-order valence-corrected chi connectivity index (χ3v) is 4.77. The summed E-state index contributed by atoms with van der Waals surface area (Å²) in [5.41, 5.74) is 0.722. The summed E-state index contributed by atoms with van der Waals surface area (Å²) in [6.45, 7) is 2.29. The van der Waals surface area contributed by atoms with E-state index in [4.69, 9.17) is 4.74 Å². The SMILES string of the molecule is C[C@H](OC(=O)CNS(=O)(=O)/C=C/c1ccccc1)C(=O)N1CCCC1. The lowest BCUT2D eigenvalue weighted by molar-refractivity contribution is -0.157. The first-order valence-corrected chi connectivity index (χ1v) is 9.63. The number of benzene rings is 1. The maximum absolute atomic E-state index is 12.0. The van der Waals surface area contributed by atoms with Crippen LogP contribution in [-0.4, -0.2) is 50.9 Å². The molecule has 1 aromatic carbocycles. The number of sulfonamides is 1. The fraction of sp³-hybridized carbons (Fsp3) is 0.412. The molecule has 0 aromatic heterocycles. The predicted octanol–water partition coefficient (Wildman–Crippen LogP) is 1.13. The first-order valence-electron chi connectivity index (χ1n) is 8.08. The minimum Gasteiger partial charge on any atom is -0.452 e. The molecule has 1 fully saturated rings. The number of carbonyl (C=O) groups is 2. The van der Waals surface area contributed by atoms with Crippen LogP contribution in [0.15, 0.2) is 35.7 Å². The standard InChI is InChI=1S/C17H22N2O5S/c1-14(17(21)19-10-5-6-11-19)24-16(20)13-18-25(22,23)12-9-15-7-3-2-4-8-15/h2-4,7-9,12,14,18H,5-6,10-11,13H2,1H3/b12-9+/t14-/m0/s1. The molecule has 1 atom stereocenters. The van der Waals surface area contributed by atoms with Crippen LogP contribution < -0.4 is 4.72 Å². The van der Waals surface area contributed by atoms with Crippen molar-refractivity contribution in [1.82, 2.24) is 9.62 Å². The summed E-state index contributed by atoms with van der Waals surface area (Å²) in [5, 5.41) is 0.981. The number of nitrogens with zero attached hydrogens (tertiary/aromatic N) is 1. The largest absolute Gasteiger partial charge is 0.452 e. The molecule has 0 bridgehead atoms. The van der Waals surface area contributed by atoms with Gasteiger partial charge >= 0.3 is 5.97 Å². The molecule has 0 unspecified atom stereocenters. The number of hydrogen-bond donors (Lipinski definition) is 1. The maximum atomic E-state index is 12.0. The Morgan fingerprint density at radius 2 is 1.88 bits per heavy atom. The van der Waals surface area contributed by atoms with E-state index in [-0.39, 0.29) is 5.91 Å². The Hall–Kier alpha value is -2.19. The van der Waals surface area contributed by atoms with E-state index in [0.29, 0.717) is 13.1 Å². The zero-order chi connectivity index (χ0) is 18.3. The molecule has 1 N–H and O–H groups in total. The van der Waals surface area contributed by atoms with Crippen molar-refractivity contribution >= 4 is 28.0 Å². The van der Waals surface area contributed by atoms with E-state index in [1.54, 1.807) is 29.2 Å². The molecule has 1 aromatic rings. The molecular formula is C17H22N2O5S. The molecule has 2 rings (SSSR count). The van der Waals surface area contributed by atoms with Crippen molar-refractivity contribution in [3.63, 3.8) is 0 Å². The van der Waals surface area contributed by atoms with Crippen LogP contribution in [-0.2, 0) is 24.3 Å². The zero-order valence-corrected chi connectivity index (χ0v) is 14.9. The number of amides is 1. The molecule has 25 heavy (non-hydrogen) atoms. The van der Waals surface area contributed by atoms with Gasteiger partial charge in [-0.15, -0.1) is 0 Å². The van der Waals surface area contributed by atoms with Crippen LogP contribution in [0.3, 0.4) is 0 Å². The van der Waals surface area contributed by atoms with Gasteiger partial charge in [0.1, 0.15) is 6.54 Å². The molecular weight excluding hydrogens is 344 g/mol. The summed E-state index contributed by atoms with van der Waals surface area (Å²) in [4.78, 5) is 25.4. The molecule has 1 saturated heterocycles. The third-order valence-electron chi connectivity index (χ3n) is 3.73. The van der Waals surface area contributed by atoms with E-state index in [0.717, 1.165) is 23.8 Å². The normalized spacial score (nSPS) is 16.1. The van der Waals surface area contributed by atoms with Gasteiger partial charge in [0.25, 0.3) is 5.91 Å². The van der Waals surface area contributed by atoms with Gasteiger partial charge in [-0.25, -0.2) is 13.1 Å². The van der Waals surface area contributed by atoms with Crippen molar-refractivity contribution in [2.45, 2.75) is 25.9 Å². The number of hydrogen-bond acceptors (Lipinski definition) is 5. The number of rotatable bonds is 7. The molecule has 0 radical (unpaired) electrons. The highest BCUT2D eigenvalue weighted by atomic mass is 32.2. The van der Waals surface area contributed by atoms with Crippen LogP contribution in [0.25, 0.3) is 6.08 Å². The van der Waals surface area contributed by atoms with Gasteiger partial charge < -0.3 is 9.64 Å². The minimum absolute atomic E-state index is 0.252. The van der Waals surface area contributed by atoms with Gasteiger partial charge in [-0.3, -0.25) is 9.59 Å². The molecule has 0 saturated carbocycles. The molecule has 136 valence electrons. The Labute approximate surface area is 147 Å². The van der Waals surface area contributed by atoms with E-state index in [1.165, 1.54) is 13.0 Å². The predicted molar refractivity (Wildman–Crippen MR) is 93.8 cm³/mol. The van der Waals surface area contributed by atoms with Gasteiger partial charge in [0, 0.05) is 18.5 Å². The Morgan fingerprint density at radius 3 is 2.52 bits per heavy atom. The number of likely N-dealkylation sites (tertiary alicyclic amines) is 1.